The molecule has 0 aliphatic carbocycles. The molecule has 2 rings (SSSR count). The quantitative estimate of drug-likeness (QED) is 0.761. The van der Waals surface area contributed by atoms with Crippen molar-refractivity contribution in [2.45, 2.75) is 38.6 Å². The number of fused-ring (bicyclic) bond motifs is 1. The molecule has 0 radical (unpaired) electrons. The molecule has 20 heavy (non-hydrogen) atoms. The molecule has 0 saturated heterocycles. The number of rotatable bonds is 5. The van der Waals surface area contributed by atoms with Gasteiger partial charge in [0.1, 0.15) is 0 Å². The van der Waals surface area contributed by atoms with Crippen molar-refractivity contribution in [1.82, 2.24) is 5.32 Å². The van der Waals surface area contributed by atoms with Gasteiger partial charge in [-0.15, -0.1) is 0 Å². The molecular formula is C15H21N3O2. The van der Waals surface area contributed by atoms with E-state index in [-0.39, 0.29) is 17.9 Å². The number of benzene rings is 1. The Hall–Kier alpha value is -1.88. The van der Waals surface area contributed by atoms with Crippen molar-refractivity contribution in [2.75, 3.05) is 11.9 Å². The molecule has 1 aromatic carbocycles. The van der Waals surface area contributed by atoms with Gasteiger partial charge in [-0.2, -0.15) is 0 Å². The monoisotopic (exact) mass is 275 g/mol. The van der Waals surface area contributed by atoms with Crippen molar-refractivity contribution >= 4 is 17.5 Å². The summed E-state index contributed by atoms with van der Waals surface area (Å²) in [5.41, 5.74) is 8.46. The van der Waals surface area contributed by atoms with Crippen LogP contribution in [0.15, 0.2) is 18.2 Å². The van der Waals surface area contributed by atoms with Crippen LogP contribution in [0.5, 0.6) is 0 Å². The van der Waals surface area contributed by atoms with E-state index in [1.807, 2.05) is 19.1 Å². The smallest absolute Gasteiger partial charge is 0.224 e. The van der Waals surface area contributed by atoms with Gasteiger partial charge in [0.25, 0.3) is 0 Å². The number of carbonyl (C=O) groups excluding carboxylic acids is 2. The molecule has 4 N–H and O–H groups in total. The van der Waals surface area contributed by atoms with E-state index in [4.69, 9.17) is 5.73 Å². The van der Waals surface area contributed by atoms with E-state index in [9.17, 15) is 9.59 Å². The predicted molar refractivity (Wildman–Crippen MR) is 78.2 cm³/mol. The van der Waals surface area contributed by atoms with Crippen LogP contribution in [0.1, 0.15) is 43.4 Å². The Balaban J connectivity index is 2.02. The summed E-state index contributed by atoms with van der Waals surface area (Å²) in [6.45, 7) is 2.49. The maximum Gasteiger partial charge on any atom is 0.224 e. The van der Waals surface area contributed by atoms with Gasteiger partial charge in [-0.1, -0.05) is 12.1 Å². The minimum atomic E-state index is -0.0387. The summed E-state index contributed by atoms with van der Waals surface area (Å²) < 4.78 is 0. The molecule has 0 aromatic heterocycles. The number of aryl methyl sites for hydroxylation is 1. The Morgan fingerprint density at radius 1 is 1.45 bits per heavy atom. The molecule has 1 unspecified atom stereocenters. The van der Waals surface area contributed by atoms with Gasteiger partial charge in [-0.3, -0.25) is 9.59 Å². The fourth-order valence-corrected chi connectivity index (χ4v) is 2.33. The highest BCUT2D eigenvalue weighted by atomic mass is 16.2. The molecule has 1 atom stereocenters. The third kappa shape index (κ3) is 3.57. The molecule has 0 bridgehead atoms. The van der Waals surface area contributed by atoms with Gasteiger partial charge >= 0.3 is 0 Å². The molecule has 5 nitrogen and oxygen atoms in total. The van der Waals surface area contributed by atoms with Crippen molar-refractivity contribution in [3.8, 4) is 0 Å². The van der Waals surface area contributed by atoms with Gasteiger partial charge in [0, 0.05) is 18.5 Å². The number of amides is 2. The van der Waals surface area contributed by atoms with Crippen molar-refractivity contribution in [3.05, 3.63) is 29.3 Å². The molecule has 2 amide bonds. The standard InChI is InChI=1S/C15H21N3O2/c1-10(17-14(19)3-2-8-16)11-4-6-13-12(9-11)5-7-15(20)18-13/h4,6,9-10H,2-3,5,7-8,16H2,1H3,(H,17,19)(H,18,20). The second kappa shape index (κ2) is 6.52. The number of nitrogens with one attached hydrogen (secondary N) is 2. The van der Waals surface area contributed by atoms with Crippen LogP contribution in [-0.2, 0) is 16.0 Å². The zero-order valence-electron chi connectivity index (χ0n) is 11.7. The third-order valence-corrected chi connectivity index (χ3v) is 3.51. The van der Waals surface area contributed by atoms with E-state index in [1.165, 1.54) is 0 Å². The molecule has 0 fully saturated rings. The van der Waals surface area contributed by atoms with E-state index in [2.05, 4.69) is 16.7 Å². The normalized spacial score (nSPS) is 15.2. The predicted octanol–water partition coefficient (Wildman–Crippen LogP) is 1.49. The first kappa shape index (κ1) is 14.5. The van der Waals surface area contributed by atoms with Crippen LogP contribution in [0.2, 0.25) is 0 Å². The summed E-state index contributed by atoms with van der Waals surface area (Å²) in [5, 5.41) is 5.82. The highest BCUT2D eigenvalue weighted by molar-refractivity contribution is 5.93. The molecule has 1 heterocycles. The minimum Gasteiger partial charge on any atom is -0.350 e. The molecule has 0 spiro atoms. The highest BCUT2D eigenvalue weighted by Gasteiger charge is 2.16. The molecule has 108 valence electrons. The van der Waals surface area contributed by atoms with E-state index in [0.717, 1.165) is 23.2 Å². The lowest BCUT2D eigenvalue weighted by atomic mass is 9.97. The number of anilines is 1. The van der Waals surface area contributed by atoms with E-state index < -0.39 is 0 Å². The summed E-state index contributed by atoms with van der Waals surface area (Å²) in [7, 11) is 0. The fourth-order valence-electron chi connectivity index (χ4n) is 2.33. The van der Waals surface area contributed by atoms with Crippen LogP contribution in [0, 0.1) is 0 Å². The van der Waals surface area contributed by atoms with E-state index in [0.29, 0.717) is 25.8 Å². The molecule has 5 heteroatoms. The zero-order chi connectivity index (χ0) is 14.5. The lowest BCUT2D eigenvalue weighted by molar-refractivity contribution is -0.121. The van der Waals surface area contributed by atoms with Crippen molar-refractivity contribution in [2.24, 2.45) is 5.73 Å². The van der Waals surface area contributed by atoms with Crippen molar-refractivity contribution in [3.63, 3.8) is 0 Å². The van der Waals surface area contributed by atoms with E-state index >= 15 is 0 Å². The van der Waals surface area contributed by atoms with Gasteiger partial charge in [0.05, 0.1) is 6.04 Å². The first-order valence-corrected chi connectivity index (χ1v) is 7.02. The summed E-state index contributed by atoms with van der Waals surface area (Å²) >= 11 is 0. The Kier molecular flexibility index (Phi) is 4.74. The maximum absolute atomic E-state index is 11.7. The number of nitrogens with two attached hydrogens (primary N) is 1. The Bertz CT molecular complexity index is 514. The van der Waals surface area contributed by atoms with Crippen molar-refractivity contribution in [1.29, 1.82) is 0 Å². The Morgan fingerprint density at radius 3 is 3.00 bits per heavy atom. The van der Waals surface area contributed by atoms with Crippen LogP contribution >= 0.6 is 0 Å². The van der Waals surface area contributed by atoms with Gasteiger partial charge < -0.3 is 16.4 Å². The second-order valence-corrected chi connectivity index (χ2v) is 5.15. The molecule has 0 saturated carbocycles. The van der Waals surface area contributed by atoms with Crippen LogP contribution in [-0.4, -0.2) is 18.4 Å². The lowest BCUT2D eigenvalue weighted by Gasteiger charge is -2.20. The van der Waals surface area contributed by atoms with Crippen LogP contribution in [0.25, 0.3) is 0 Å². The third-order valence-electron chi connectivity index (χ3n) is 3.51. The highest BCUT2D eigenvalue weighted by Crippen LogP contribution is 2.26. The fraction of sp³-hybridized carbons (Fsp3) is 0.467. The Labute approximate surface area is 118 Å². The SMILES string of the molecule is CC(NC(=O)CCCN)c1ccc2c(c1)CCC(=O)N2. The van der Waals surface area contributed by atoms with Crippen LogP contribution < -0.4 is 16.4 Å². The van der Waals surface area contributed by atoms with Gasteiger partial charge in [0.2, 0.25) is 11.8 Å². The average molecular weight is 275 g/mol. The summed E-state index contributed by atoms with van der Waals surface area (Å²) in [5.74, 6) is 0.0855. The first-order valence-electron chi connectivity index (χ1n) is 7.02. The number of carbonyl (C=O) groups is 2. The summed E-state index contributed by atoms with van der Waals surface area (Å²) in [6, 6.07) is 5.87. The summed E-state index contributed by atoms with van der Waals surface area (Å²) in [4.78, 5) is 23.0. The molecule has 1 aliphatic heterocycles. The minimum absolute atomic E-state index is 0.0222. The van der Waals surface area contributed by atoms with Crippen LogP contribution in [0.4, 0.5) is 5.69 Å². The summed E-state index contributed by atoms with van der Waals surface area (Å²) in [6.07, 6.45) is 2.44. The van der Waals surface area contributed by atoms with E-state index in [1.54, 1.807) is 0 Å². The molecule has 1 aromatic rings. The molecule has 1 aliphatic rings. The Morgan fingerprint density at radius 2 is 2.25 bits per heavy atom. The largest absolute Gasteiger partial charge is 0.350 e. The topological polar surface area (TPSA) is 84.2 Å². The number of hydrogen-bond acceptors (Lipinski definition) is 3. The van der Waals surface area contributed by atoms with Gasteiger partial charge in [-0.25, -0.2) is 0 Å². The molecular weight excluding hydrogens is 254 g/mol. The number of hydrogen-bond donors (Lipinski definition) is 3. The van der Waals surface area contributed by atoms with Crippen molar-refractivity contribution < 1.29 is 9.59 Å². The lowest BCUT2D eigenvalue weighted by Crippen LogP contribution is -2.27. The average Bonchev–Trinajstić information content (AvgIpc) is 2.44. The van der Waals surface area contributed by atoms with Gasteiger partial charge in [0.15, 0.2) is 0 Å². The first-order chi connectivity index (χ1) is 9.60. The van der Waals surface area contributed by atoms with Gasteiger partial charge in [-0.05, 0) is 43.5 Å². The zero-order valence-corrected chi connectivity index (χ0v) is 11.7. The maximum atomic E-state index is 11.7. The van der Waals surface area contributed by atoms with Crippen LogP contribution in [0.3, 0.4) is 0 Å². The second-order valence-electron chi connectivity index (χ2n) is 5.15.